The highest BCUT2D eigenvalue weighted by Crippen LogP contribution is 2.50. The number of hydrogen-bond acceptors (Lipinski definition) is 8. The molecule has 0 fully saturated rings. The summed E-state index contributed by atoms with van der Waals surface area (Å²) in [5, 5.41) is 33.9. The van der Waals surface area contributed by atoms with Crippen molar-refractivity contribution in [3.05, 3.63) is 443 Å². The fourth-order valence-corrected chi connectivity index (χ4v) is 23.2. The van der Waals surface area contributed by atoms with E-state index in [-0.39, 0.29) is 0 Å². The molecule has 0 bridgehead atoms. The molecule has 634 valence electrons. The van der Waals surface area contributed by atoms with Crippen molar-refractivity contribution in [1.82, 2.24) is 43.6 Å². The molecule has 0 atom stereocenters. The molecule has 0 amide bonds. The van der Waals surface area contributed by atoms with Gasteiger partial charge in [-0.2, -0.15) is 0 Å². The molecule has 0 saturated heterocycles. The van der Waals surface area contributed by atoms with Gasteiger partial charge >= 0.3 is 0 Å². The number of rotatable bonds is 6. The molecule has 0 saturated carbocycles. The van der Waals surface area contributed by atoms with Crippen molar-refractivity contribution in [2.24, 2.45) is 0 Å². The van der Waals surface area contributed by atoms with E-state index in [1.54, 1.807) is 0 Å². The van der Waals surface area contributed by atoms with Gasteiger partial charge in [-0.3, -0.25) is 13.7 Å². The van der Waals surface area contributed by atoms with Gasteiger partial charge in [0.1, 0.15) is 28.2 Å². The van der Waals surface area contributed by atoms with Crippen molar-refractivity contribution in [2.45, 2.75) is 0 Å². The smallest absolute Gasteiger partial charge is 0.165 e. The zero-order valence-electron chi connectivity index (χ0n) is 73.5. The molecule has 31 aromatic rings. The van der Waals surface area contributed by atoms with Crippen LogP contribution in [-0.2, 0) is 0 Å². The lowest BCUT2D eigenvalue weighted by molar-refractivity contribution is 0.669. The molecule has 137 heavy (non-hydrogen) atoms. The quantitative estimate of drug-likeness (QED) is 0.153. The van der Waals surface area contributed by atoms with E-state index < -0.39 is 0 Å². The van der Waals surface area contributed by atoms with Crippen molar-refractivity contribution in [3.8, 4) is 51.2 Å². The Balaban J connectivity index is 0.0000000996. The fourth-order valence-electron chi connectivity index (χ4n) is 22.0. The van der Waals surface area contributed by atoms with E-state index in [0.29, 0.717) is 0 Å². The number of para-hydroxylation sites is 8. The van der Waals surface area contributed by atoms with Crippen LogP contribution in [0.15, 0.2) is 447 Å². The number of hydrogen-bond donors (Lipinski definition) is 0. The van der Waals surface area contributed by atoms with Gasteiger partial charge in [0.05, 0.1) is 66.2 Å². The molecule has 0 unspecified atom stereocenters. The average Bonchev–Trinajstić information content (AvgIpc) is 1.52. The van der Waals surface area contributed by atoms with Crippen LogP contribution in [0, 0.1) is 0 Å². The first-order chi connectivity index (χ1) is 67.9. The van der Waals surface area contributed by atoms with Crippen LogP contribution in [0.2, 0.25) is 0 Å². The second-order valence-corrected chi connectivity index (χ2v) is 36.8. The highest BCUT2D eigenvalue weighted by Gasteiger charge is 2.29. The van der Waals surface area contributed by atoms with E-state index in [0.717, 1.165) is 139 Å². The van der Waals surface area contributed by atoms with Crippen molar-refractivity contribution in [3.63, 3.8) is 0 Å². The summed E-state index contributed by atoms with van der Waals surface area (Å²) in [5.41, 5.74) is 19.2. The number of aromatic nitrogens is 9. The average molecular weight is 1760 g/mol. The Morgan fingerprint density at radius 3 is 1.09 bits per heavy atom. The molecule has 11 heteroatoms. The zero-order valence-corrected chi connectivity index (χ0v) is 74.3. The summed E-state index contributed by atoms with van der Waals surface area (Å²) >= 11 is 1.83. The monoisotopic (exact) mass is 1760 g/mol. The third-order valence-corrected chi connectivity index (χ3v) is 29.4. The molecule has 8 heterocycles. The number of furan rings is 1. The molecule has 0 radical (unpaired) electrons. The van der Waals surface area contributed by atoms with E-state index in [9.17, 15) is 0 Å². The minimum atomic E-state index is 0.781. The first kappa shape index (κ1) is 76.5. The highest BCUT2D eigenvalue weighted by atomic mass is 32.1. The van der Waals surface area contributed by atoms with Crippen LogP contribution in [0.25, 0.3) is 289 Å². The lowest BCUT2D eigenvalue weighted by Gasteiger charge is -2.16. The number of benzene rings is 23. The Bertz CT molecular complexity index is 10200. The summed E-state index contributed by atoms with van der Waals surface area (Å²) in [6.45, 7) is 0. The van der Waals surface area contributed by atoms with Crippen LogP contribution < -0.4 is 0 Å². The summed E-state index contributed by atoms with van der Waals surface area (Å²) in [4.78, 5) is 32.4. The maximum atomic E-state index is 6.55. The fraction of sp³-hybridized carbons (Fsp3) is 0. The van der Waals surface area contributed by atoms with Gasteiger partial charge in [-0.25, -0.2) is 29.9 Å². The summed E-state index contributed by atoms with van der Waals surface area (Å²) in [7, 11) is 0. The van der Waals surface area contributed by atoms with Gasteiger partial charge in [0.15, 0.2) is 17.5 Å². The molecule has 0 spiro atoms. The van der Waals surface area contributed by atoms with Crippen molar-refractivity contribution < 1.29 is 4.42 Å². The Morgan fingerprint density at radius 1 is 0.197 bits per heavy atom. The predicted molar refractivity (Wildman–Crippen MR) is 576 cm³/mol. The third-order valence-electron chi connectivity index (χ3n) is 28.2. The van der Waals surface area contributed by atoms with Gasteiger partial charge in [0.25, 0.3) is 0 Å². The Labute approximate surface area is 785 Å². The topological polar surface area (TPSA) is 105 Å². The second-order valence-electron chi connectivity index (χ2n) is 35.8. The lowest BCUT2D eigenvalue weighted by Crippen LogP contribution is -2.04. The maximum Gasteiger partial charge on any atom is 0.165 e. The minimum absolute atomic E-state index is 0.781. The lowest BCUT2D eigenvalue weighted by atomic mass is 9.93. The molecule has 0 N–H and O–H groups in total. The summed E-state index contributed by atoms with van der Waals surface area (Å²) in [5.74, 6) is 2.46. The molecule has 31 rings (SSSR count). The zero-order chi connectivity index (χ0) is 89.6. The Morgan fingerprint density at radius 2 is 0.555 bits per heavy atom. The van der Waals surface area contributed by atoms with Crippen molar-refractivity contribution >= 4 is 249 Å². The van der Waals surface area contributed by atoms with Gasteiger partial charge in [-0.15, -0.1) is 11.3 Å². The molecule has 8 aromatic heterocycles. The Hall–Kier alpha value is -18.2. The molecular formula is C126H73N9OS. The number of thiophene rings is 1. The molecule has 0 aliphatic rings. The number of nitrogens with zero attached hydrogens (tertiary/aromatic N) is 9. The van der Waals surface area contributed by atoms with Gasteiger partial charge in [0.2, 0.25) is 0 Å². The number of fused-ring (bicyclic) bond motifs is 33. The van der Waals surface area contributed by atoms with E-state index in [4.69, 9.17) is 34.3 Å². The van der Waals surface area contributed by atoms with Crippen LogP contribution in [0.5, 0.6) is 0 Å². The van der Waals surface area contributed by atoms with Crippen molar-refractivity contribution in [1.29, 1.82) is 0 Å². The Kier molecular flexibility index (Phi) is 16.9. The van der Waals surface area contributed by atoms with Crippen LogP contribution in [0.4, 0.5) is 0 Å². The van der Waals surface area contributed by atoms with Gasteiger partial charge in [-0.05, 0) is 189 Å². The maximum absolute atomic E-state index is 6.55. The van der Waals surface area contributed by atoms with Gasteiger partial charge < -0.3 is 4.42 Å². The second kappa shape index (κ2) is 30.2. The summed E-state index contributed by atoms with van der Waals surface area (Å²) < 4.78 is 16.1. The van der Waals surface area contributed by atoms with Gasteiger partial charge in [-0.1, -0.05) is 340 Å². The van der Waals surface area contributed by atoms with E-state index in [1.807, 2.05) is 72.0 Å². The summed E-state index contributed by atoms with van der Waals surface area (Å²) in [6, 6.07) is 158. The predicted octanol–water partition coefficient (Wildman–Crippen LogP) is 33.8. The van der Waals surface area contributed by atoms with Crippen molar-refractivity contribution in [2.75, 3.05) is 0 Å². The van der Waals surface area contributed by atoms with Crippen LogP contribution in [0.1, 0.15) is 0 Å². The van der Waals surface area contributed by atoms with Gasteiger partial charge in [0, 0.05) is 90.7 Å². The molecule has 10 nitrogen and oxygen atoms in total. The van der Waals surface area contributed by atoms with E-state index in [1.165, 1.54) is 149 Å². The van der Waals surface area contributed by atoms with Crippen LogP contribution >= 0.6 is 11.3 Å². The van der Waals surface area contributed by atoms with E-state index >= 15 is 0 Å². The molecule has 0 aliphatic heterocycles. The third kappa shape index (κ3) is 11.9. The molecule has 23 aromatic carbocycles. The summed E-state index contributed by atoms with van der Waals surface area (Å²) in [6.07, 6.45) is 0. The largest absolute Gasteiger partial charge is 0.455 e. The first-order valence-electron chi connectivity index (χ1n) is 46.4. The van der Waals surface area contributed by atoms with E-state index in [2.05, 4.69) is 396 Å². The molecule has 0 aliphatic carbocycles. The minimum Gasteiger partial charge on any atom is -0.455 e. The SMILES string of the molecule is c1ccc2cc3c(cc2c1)c1c2ccccc2ccc1n3-c1nc2ccccc2nc1-c1ccc2c3ccccc3c3ccccc3c2c1.c1ccc2cc3c(cc2c1)c1ccc2ccccc2c1n3-c1nc2ccccc2nc1-c1cccc2c1oc1ccccc12.c1ccc2cc3c(cc2c1)c1ccc2ccccc2c1n3-c1nc2ccccc2nc1-c1cccc2c1sc1ccccc12. The first-order valence-corrected chi connectivity index (χ1v) is 47.3. The highest BCUT2D eigenvalue weighted by molar-refractivity contribution is 7.26. The van der Waals surface area contributed by atoms with Crippen LogP contribution in [-0.4, -0.2) is 43.6 Å². The van der Waals surface area contributed by atoms with Crippen LogP contribution in [0.3, 0.4) is 0 Å². The molecular weight excluding hydrogens is 1690 g/mol. The normalized spacial score (nSPS) is 12.1. The standard InChI is InChI=1S/C46H27N3.C40H23N3O.C40H23N3S/c1-2-13-30-27-43-39(25-29(30)12-1)44-32-14-4-3-11-28(32)22-24-42(44)49(43)46-45(47-40-19-9-10-20-41(40)48-46)31-21-23-37-35-17-6-5-15-33(35)34-16-7-8-18-36(34)38(37)26-31;2*1-2-12-26-23-35-32(22-25(26)11-1)29-21-20-24-10-3-4-13-27(24)38(29)43(35)40-37(41-33-17-6-7-18-34(33)42-40)31-16-9-15-30-28-14-5-8-19-36(28)44-39(30)31/h1-27H;2*1-23H.